The molecule has 5 nitrogen and oxygen atoms in total. The lowest BCUT2D eigenvalue weighted by Gasteiger charge is -2.36. The number of benzene rings is 1. The average molecular weight is 367 g/mol. The highest BCUT2D eigenvalue weighted by atomic mass is 35.5. The van der Waals surface area contributed by atoms with Gasteiger partial charge in [-0.05, 0) is 23.1 Å². The minimum absolute atomic E-state index is 0.0187. The van der Waals surface area contributed by atoms with Gasteiger partial charge in [0.05, 0.1) is 13.5 Å². The maximum absolute atomic E-state index is 12.5. The van der Waals surface area contributed by atoms with E-state index in [0.29, 0.717) is 43.4 Å². The Balaban J connectivity index is 1.88. The second-order valence-electron chi connectivity index (χ2n) is 7.63. The van der Waals surface area contributed by atoms with Gasteiger partial charge in [-0.15, -0.1) is 0 Å². The summed E-state index contributed by atoms with van der Waals surface area (Å²) in [6.07, 6.45) is 0.793. The molecule has 2 rings (SSSR count). The van der Waals surface area contributed by atoms with Crippen molar-refractivity contribution >= 4 is 23.4 Å². The molecule has 0 atom stereocenters. The van der Waals surface area contributed by atoms with E-state index < -0.39 is 0 Å². The highest BCUT2D eigenvalue weighted by Gasteiger charge is 2.26. The number of carbonyl (C=O) groups is 2. The van der Waals surface area contributed by atoms with Crippen LogP contribution < -0.4 is 4.74 Å². The summed E-state index contributed by atoms with van der Waals surface area (Å²) in [6.45, 7) is 8.51. The smallest absolute Gasteiger partial charge is 0.227 e. The van der Waals surface area contributed by atoms with Gasteiger partial charge in [-0.2, -0.15) is 0 Å². The predicted molar refractivity (Wildman–Crippen MR) is 98.9 cm³/mol. The number of amides is 2. The third-order valence-electron chi connectivity index (χ3n) is 4.27. The summed E-state index contributed by atoms with van der Waals surface area (Å²) < 4.78 is 5.12. The Morgan fingerprint density at radius 3 is 2.12 bits per heavy atom. The van der Waals surface area contributed by atoms with Crippen LogP contribution in [0.2, 0.25) is 5.02 Å². The van der Waals surface area contributed by atoms with Crippen molar-refractivity contribution in [2.45, 2.75) is 33.6 Å². The van der Waals surface area contributed by atoms with Gasteiger partial charge in [0.1, 0.15) is 5.75 Å². The third-order valence-corrected chi connectivity index (χ3v) is 4.62. The van der Waals surface area contributed by atoms with Gasteiger partial charge in [-0.25, -0.2) is 0 Å². The Labute approximate surface area is 154 Å². The molecule has 2 amide bonds. The number of hydrogen-bond donors (Lipinski definition) is 0. The van der Waals surface area contributed by atoms with Gasteiger partial charge >= 0.3 is 0 Å². The number of rotatable bonds is 4. The van der Waals surface area contributed by atoms with Crippen molar-refractivity contribution in [3.8, 4) is 5.75 Å². The van der Waals surface area contributed by atoms with Gasteiger partial charge in [0.25, 0.3) is 0 Å². The summed E-state index contributed by atoms with van der Waals surface area (Å²) in [4.78, 5) is 28.5. The van der Waals surface area contributed by atoms with Crippen LogP contribution in [-0.4, -0.2) is 54.9 Å². The lowest BCUT2D eigenvalue weighted by Crippen LogP contribution is -2.51. The van der Waals surface area contributed by atoms with Gasteiger partial charge in [0.15, 0.2) is 0 Å². The number of nitrogens with zero attached hydrogens (tertiary/aromatic N) is 2. The van der Waals surface area contributed by atoms with E-state index in [4.69, 9.17) is 16.3 Å². The number of ether oxygens (including phenoxy) is 1. The fourth-order valence-corrected chi connectivity index (χ4v) is 3.08. The molecule has 1 saturated heterocycles. The van der Waals surface area contributed by atoms with E-state index in [1.165, 1.54) is 0 Å². The first-order valence-electron chi connectivity index (χ1n) is 8.57. The van der Waals surface area contributed by atoms with Crippen LogP contribution in [0.1, 0.15) is 32.8 Å². The van der Waals surface area contributed by atoms with Crippen LogP contribution in [0, 0.1) is 5.41 Å². The summed E-state index contributed by atoms with van der Waals surface area (Å²) in [6, 6.07) is 5.34. The molecule has 1 aromatic carbocycles. The zero-order chi connectivity index (χ0) is 18.6. The molecule has 6 heteroatoms. The maximum Gasteiger partial charge on any atom is 0.227 e. The zero-order valence-corrected chi connectivity index (χ0v) is 16.2. The van der Waals surface area contributed by atoms with Crippen molar-refractivity contribution in [2.75, 3.05) is 33.3 Å². The molecule has 0 aromatic heterocycles. The topological polar surface area (TPSA) is 49.9 Å². The van der Waals surface area contributed by atoms with Crippen LogP contribution >= 0.6 is 11.6 Å². The summed E-state index contributed by atoms with van der Waals surface area (Å²) in [5.41, 5.74) is 0.772. The second kappa shape index (κ2) is 8.09. The van der Waals surface area contributed by atoms with Crippen LogP contribution in [0.4, 0.5) is 0 Å². The molecule has 0 N–H and O–H groups in total. The van der Waals surface area contributed by atoms with Crippen molar-refractivity contribution in [2.24, 2.45) is 5.41 Å². The molecule has 0 aliphatic carbocycles. The SMILES string of the molecule is COc1ccc(CC(=O)N2CCN(C(=O)CC(C)(C)C)CC2)c(Cl)c1. The van der Waals surface area contributed by atoms with E-state index >= 15 is 0 Å². The van der Waals surface area contributed by atoms with E-state index in [0.717, 1.165) is 5.56 Å². The molecule has 138 valence electrons. The number of piperazine rings is 1. The molecule has 1 aliphatic rings. The molecule has 1 fully saturated rings. The quantitative estimate of drug-likeness (QED) is 0.823. The minimum atomic E-state index is -0.0187. The molecule has 0 unspecified atom stereocenters. The van der Waals surface area contributed by atoms with E-state index in [2.05, 4.69) is 20.8 Å². The van der Waals surface area contributed by atoms with E-state index in [-0.39, 0.29) is 23.7 Å². The largest absolute Gasteiger partial charge is 0.497 e. The molecule has 1 aliphatic heterocycles. The number of carbonyl (C=O) groups excluding carboxylic acids is 2. The van der Waals surface area contributed by atoms with Crippen molar-refractivity contribution in [1.29, 1.82) is 0 Å². The first-order chi connectivity index (χ1) is 11.7. The standard InChI is InChI=1S/C19H27ClN2O3/c1-19(2,3)13-18(24)22-9-7-21(8-10-22)17(23)11-14-5-6-15(25-4)12-16(14)20/h5-6,12H,7-11,13H2,1-4H3. The molecule has 0 radical (unpaired) electrons. The fraction of sp³-hybridized carbons (Fsp3) is 0.579. The van der Waals surface area contributed by atoms with E-state index in [1.807, 2.05) is 11.0 Å². The second-order valence-corrected chi connectivity index (χ2v) is 8.04. The van der Waals surface area contributed by atoms with Crippen molar-refractivity contribution in [3.05, 3.63) is 28.8 Å². The fourth-order valence-electron chi connectivity index (χ4n) is 2.84. The van der Waals surface area contributed by atoms with Crippen LogP contribution in [0.25, 0.3) is 0 Å². The Hall–Kier alpha value is -1.75. The average Bonchev–Trinajstić information content (AvgIpc) is 2.55. The molecule has 1 heterocycles. The zero-order valence-electron chi connectivity index (χ0n) is 15.5. The van der Waals surface area contributed by atoms with Crippen molar-refractivity contribution < 1.29 is 14.3 Å². The summed E-state index contributed by atoms with van der Waals surface area (Å²) >= 11 is 6.21. The van der Waals surface area contributed by atoms with Gasteiger partial charge < -0.3 is 14.5 Å². The molecule has 1 aromatic rings. The highest BCUT2D eigenvalue weighted by Crippen LogP contribution is 2.24. The molecule has 25 heavy (non-hydrogen) atoms. The van der Waals surface area contributed by atoms with Crippen LogP contribution in [0.15, 0.2) is 18.2 Å². The number of hydrogen-bond acceptors (Lipinski definition) is 3. The summed E-state index contributed by atoms with van der Waals surface area (Å²) in [5.74, 6) is 0.875. The first kappa shape index (κ1) is 19.6. The number of halogens is 1. The molecular weight excluding hydrogens is 340 g/mol. The minimum Gasteiger partial charge on any atom is -0.497 e. The van der Waals surface area contributed by atoms with Gasteiger partial charge in [0, 0.05) is 37.6 Å². The predicted octanol–water partition coefficient (Wildman–Crippen LogP) is 3.00. The van der Waals surface area contributed by atoms with Gasteiger partial charge in [-0.1, -0.05) is 38.4 Å². The lowest BCUT2D eigenvalue weighted by molar-refractivity contribution is -0.140. The van der Waals surface area contributed by atoms with Crippen LogP contribution in [0.3, 0.4) is 0 Å². The summed E-state index contributed by atoms with van der Waals surface area (Å²) in [5, 5.41) is 0.534. The van der Waals surface area contributed by atoms with Crippen LogP contribution in [0.5, 0.6) is 5.75 Å². The third kappa shape index (κ3) is 5.63. The monoisotopic (exact) mass is 366 g/mol. The summed E-state index contributed by atoms with van der Waals surface area (Å²) in [7, 11) is 1.58. The van der Waals surface area contributed by atoms with E-state index in [1.54, 1.807) is 24.1 Å². The Morgan fingerprint density at radius 2 is 1.64 bits per heavy atom. The van der Waals surface area contributed by atoms with Crippen molar-refractivity contribution in [1.82, 2.24) is 9.80 Å². The van der Waals surface area contributed by atoms with Gasteiger partial charge in [0.2, 0.25) is 11.8 Å². The Kier molecular flexibility index (Phi) is 6.33. The van der Waals surface area contributed by atoms with Crippen LogP contribution in [-0.2, 0) is 16.0 Å². The molecule has 0 saturated carbocycles. The van der Waals surface area contributed by atoms with Gasteiger partial charge in [-0.3, -0.25) is 9.59 Å². The van der Waals surface area contributed by atoms with Crippen molar-refractivity contribution in [3.63, 3.8) is 0 Å². The molecule has 0 spiro atoms. The Morgan fingerprint density at radius 1 is 1.08 bits per heavy atom. The lowest BCUT2D eigenvalue weighted by atomic mass is 9.91. The number of methoxy groups -OCH3 is 1. The highest BCUT2D eigenvalue weighted by molar-refractivity contribution is 6.31. The first-order valence-corrected chi connectivity index (χ1v) is 8.95. The molecule has 0 bridgehead atoms. The molecular formula is C19H27ClN2O3. The normalized spacial score (nSPS) is 15.2. The maximum atomic E-state index is 12.5. The van der Waals surface area contributed by atoms with E-state index in [9.17, 15) is 9.59 Å². The Bertz CT molecular complexity index is 632.